The highest BCUT2D eigenvalue weighted by Gasteiger charge is 2.05. The van der Waals surface area contributed by atoms with Crippen LogP contribution >= 0.6 is 0 Å². The van der Waals surface area contributed by atoms with Crippen LogP contribution in [0.1, 0.15) is 25.0 Å². The molecule has 2 rings (SSSR count). The molecule has 0 atom stereocenters. The number of hydrogen-bond acceptors (Lipinski definition) is 3. The Kier molecular flexibility index (Phi) is 4.58. The predicted octanol–water partition coefficient (Wildman–Crippen LogP) is 3.11. The average molecular weight is 259 g/mol. The van der Waals surface area contributed by atoms with E-state index >= 15 is 0 Å². The van der Waals surface area contributed by atoms with Crippen LogP contribution in [0.3, 0.4) is 0 Å². The second-order valence-corrected chi connectivity index (χ2v) is 4.51. The van der Waals surface area contributed by atoms with Crippen molar-refractivity contribution in [2.45, 2.75) is 33.9 Å². The molecule has 4 heteroatoms. The first kappa shape index (κ1) is 13.6. The highest BCUT2D eigenvalue weighted by molar-refractivity contribution is 5.39. The summed E-state index contributed by atoms with van der Waals surface area (Å²) in [6.45, 7) is 8.89. The quantitative estimate of drug-likeness (QED) is 0.866. The normalized spacial score (nSPS) is 10.7. The molecule has 0 aliphatic heterocycles. The molecule has 0 bridgehead atoms. The Labute approximate surface area is 114 Å². The Balaban J connectivity index is 2.13. The minimum absolute atomic E-state index is 0.783. The van der Waals surface area contributed by atoms with Gasteiger partial charge in [0.2, 0.25) is 0 Å². The van der Waals surface area contributed by atoms with Crippen molar-refractivity contribution in [1.82, 2.24) is 15.1 Å². The van der Waals surface area contributed by atoms with Gasteiger partial charge >= 0.3 is 0 Å². The third-order valence-electron chi connectivity index (χ3n) is 2.99. The molecule has 0 aliphatic carbocycles. The summed E-state index contributed by atoms with van der Waals surface area (Å²) in [4.78, 5) is 0. The molecular weight excluding hydrogens is 238 g/mol. The summed E-state index contributed by atoms with van der Waals surface area (Å²) in [5.74, 6) is 1.68. The molecule has 1 heterocycles. The van der Waals surface area contributed by atoms with Crippen molar-refractivity contribution in [2.75, 3.05) is 6.54 Å². The zero-order valence-corrected chi connectivity index (χ0v) is 11.8. The smallest absolute Gasteiger partial charge is 0.165 e. The number of rotatable bonds is 6. The minimum atomic E-state index is 0.783. The first-order valence-electron chi connectivity index (χ1n) is 6.73. The summed E-state index contributed by atoms with van der Waals surface area (Å²) in [5.41, 5.74) is 2.36. The molecule has 102 valence electrons. The molecule has 4 nitrogen and oxygen atoms in total. The molecule has 1 aromatic heterocycles. The second kappa shape index (κ2) is 6.38. The summed E-state index contributed by atoms with van der Waals surface area (Å²) >= 11 is 0. The van der Waals surface area contributed by atoms with Gasteiger partial charge < -0.3 is 10.1 Å². The van der Waals surface area contributed by atoms with Crippen LogP contribution in [0.15, 0.2) is 30.6 Å². The summed E-state index contributed by atoms with van der Waals surface area (Å²) in [5, 5.41) is 7.53. The summed E-state index contributed by atoms with van der Waals surface area (Å²) in [7, 11) is 0. The van der Waals surface area contributed by atoms with Crippen LogP contribution in [-0.2, 0) is 13.1 Å². The maximum atomic E-state index is 5.90. The zero-order valence-electron chi connectivity index (χ0n) is 11.8. The molecule has 0 spiro atoms. The SMILES string of the molecule is CCNCc1ccc(C)c(Oc2cnn(CC)c2)c1. The largest absolute Gasteiger partial charge is 0.454 e. The van der Waals surface area contributed by atoms with E-state index in [0.717, 1.165) is 36.7 Å². The maximum Gasteiger partial charge on any atom is 0.165 e. The molecule has 0 saturated carbocycles. The van der Waals surface area contributed by atoms with E-state index < -0.39 is 0 Å². The van der Waals surface area contributed by atoms with E-state index in [9.17, 15) is 0 Å². The van der Waals surface area contributed by atoms with Crippen LogP contribution in [0.4, 0.5) is 0 Å². The Morgan fingerprint density at radius 1 is 1.32 bits per heavy atom. The third-order valence-corrected chi connectivity index (χ3v) is 2.99. The first-order valence-corrected chi connectivity index (χ1v) is 6.73. The van der Waals surface area contributed by atoms with E-state index in [2.05, 4.69) is 49.4 Å². The van der Waals surface area contributed by atoms with Crippen molar-refractivity contribution >= 4 is 0 Å². The molecule has 0 unspecified atom stereocenters. The molecule has 0 aliphatic rings. The number of aryl methyl sites for hydroxylation is 2. The first-order chi connectivity index (χ1) is 9.22. The van der Waals surface area contributed by atoms with E-state index in [1.807, 2.05) is 10.9 Å². The Morgan fingerprint density at radius 2 is 2.16 bits per heavy atom. The van der Waals surface area contributed by atoms with Gasteiger partial charge in [-0.15, -0.1) is 0 Å². The molecular formula is C15H21N3O. The van der Waals surface area contributed by atoms with E-state index in [1.165, 1.54) is 5.56 Å². The van der Waals surface area contributed by atoms with E-state index in [1.54, 1.807) is 6.20 Å². The molecule has 0 saturated heterocycles. The van der Waals surface area contributed by atoms with Gasteiger partial charge in [-0.2, -0.15) is 5.10 Å². The van der Waals surface area contributed by atoms with E-state index in [4.69, 9.17) is 4.74 Å². The van der Waals surface area contributed by atoms with Gasteiger partial charge in [0, 0.05) is 13.1 Å². The molecule has 1 aromatic carbocycles. The van der Waals surface area contributed by atoms with Gasteiger partial charge in [-0.25, -0.2) is 0 Å². The predicted molar refractivity (Wildman–Crippen MR) is 76.5 cm³/mol. The lowest BCUT2D eigenvalue weighted by Crippen LogP contribution is -2.11. The highest BCUT2D eigenvalue weighted by Crippen LogP contribution is 2.25. The number of nitrogens with zero attached hydrogens (tertiary/aromatic N) is 2. The average Bonchev–Trinajstić information content (AvgIpc) is 2.87. The van der Waals surface area contributed by atoms with Crippen LogP contribution in [0, 0.1) is 6.92 Å². The van der Waals surface area contributed by atoms with E-state index in [-0.39, 0.29) is 0 Å². The van der Waals surface area contributed by atoms with Crippen LogP contribution in [0.2, 0.25) is 0 Å². The molecule has 1 N–H and O–H groups in total. The Bertz CT molecular complexity index is 534. The number of nitrogens with one attached hydrogen (secondary N) is 1. The van der Waals surface area contributed by atoms with Gasteiger partial charge in [-0.1, -0.05) is 19.1 Å². The monoisotopic (exact) mass is 259 g/mol. The lowest BCUT2D eigenvalue weighted by atomic mass is 10.1. The van der Waals surface area contributed by atoms with Crippen molar-refractivity contribution in [3.05, 3.63) is 41.7 Å². The van der Waals surface area contributed by atoms with Crippen LogP contribution in [0.5, 0.6) is 11.5 Å². The third kappa shape index (κ3) is 3.58. The van der Waals surface area contributed by atoms with Crippen molar-refractivity contribution in [3.8, 4) is 11.5 Å². The fraction of sp³-hybridized carbons (Fsp3) is 0.400. The standard InChI is InChI=1S/C15H21N3O/c1-4-16-9-13-7-6-12(3)15(8-13)19-14-10-17-18(5-2)11-14/h6-8,10-11,16H,4-5,9H2,1-3H3. The summed E-state index contributed by atoms with van der Waals surface area (Å²) in [6.07, 6.45) is 3.66. The van der Waals surface area contributed by atoms with Crippen LogP contribution < -0.4 is 10.1 Å². The molecule has 0 radical (unpaired) electrons. The van der Waals surface area contributed by atoms with Gasteiger partial charge in [-0.05, 0) is 37.6 Å². The van der Waals surface area contributed by atoms with Crippen molar-refractivity contribution in [1.29, 1.82) is 0 Å². The second-order valence-electron chi connectivity index (χ2n) is 4.51. The van der Waals surface area contributed by atoms with Gasteiger partial charge in [0.25, 0.3) is 0 Å². The van der Waals surface area contributed by atoms with Crippen molar-refractivity contribution in [3.63, 3.8) is 0 Å². The van der Waals surface area contributed by atoms with Crippen molar-refractivity contribution < 1.29 is 4.74 Å². The fourth-order valence-electron chi connectivity index (χ4n) is 1.83. The lowest BCUT2D eigenvalue weighted by Gasteiger charge is -2.09. The fourth-order valence-corrected chi connectivity index (χ4v) is 1.83. The number of benzene rings is 1. The minimum Gasteiger partial charge on any atom is -0.454 e. The highest BCUT2D eigenvalue weighted by atomic mass is 16.5. The van der Waals surface area contributed by atoms with E-state index in [0.29, 0.717) is 0 Å². The Morgan fingerprint density at radius 3 is 2.84 bits per heavy atom. The number of aromatic nitrogens is 2. The van der Waals surface area contributed by atoms with Gasteiger partial charge in [0.1, 0.15) is 5.75 Å². The van der Waals surface area contributed by atoms with Crippen molar-refractivity contribution in [2.24, 2.45) is 0 Å². The summed E-state index contributed by atoms with van der Waals surface area (Å²) in [6, 6.07) is 6.30. The number of ether oxygens (including phenoxy) is 1. The number of hydrogen-bond donors (Lipinski definition) is 1. The zero-order chi connectivity index (χ0) is 13.7. The Hall–Kier alpha value is -1.81. The van der Waals surface area contributed by atoms with Gasteiger partial charge in [-0.3, -0.25) is 4.68 Å². The molecule has 2 aromatic rings. The molecule has 0 amide bonds. The van der Waals surface area contributed by atoms with Gasteiger partial charge in [0.15, 0.2) is 5.75 Å². The lowest BCUT2D eigenvalue weighted by molar-refractivity contribution is 0.476. The molecule has 19 heavy (non-hydrogen) atoms. The topological polar surface area (TPSA) is 39.1 Å². The molecule has 0 fully saturated rings. The van der Waals surface area contributed by atoms with Crippen LogP contribution in [0.25, 0.3) is 0 Å². The van der Waals surface area contributed by atoms with Crippen LogP contribution in [-0.4, -0.2) is 16.3 Å². The maximum absolute atomic E-state index is 5.90. The summed E-state index contributed by atoms with van der Waals surface area (Å²) < 4.78 is 7.76. The van der Waals surface area contributed by atoms with Gasteiger partial charge in [0.05, 0.1) is 12.4 Å².